The number of benzene rings is 1. The minimum absolute atomic E-state index is 0. The number of halogens is 1. The molecule has 0 radical (unpaired) electrons. The van der Waals surface area contributed by atoms with Crippen molar-refractivity contribution in [3.8, 4) is 5.75 Å². The summed E-state index contributed by atoms with van der Waals surface area (Å²) in [6.45, 7) is 4.63. The summed E-state index contributed by atoms with van der Waals surface area (Å²) < 4.78 is 5.30. The van der Waals surface area contributed by atoms with Gasteiger partial charge in [-0.1, -0.05) is 6.07 Å². The first kappa shape index (κ1) is 22.8. The van der Waals surface area contributed by atoms with Crippen LogP contribution >= 0.6 is 24.0 Å². The van der Waals surface area contributed by atoms with Gasteiger partial charge < -0.3 is 25.5 Å². The van der Waals surface area contributed by atoms with Crippen molar-refractivity contribution in [3.05, 3.63) is 54.0 Å². The first-order valence-corrected chi connectivity index (χ1v) is 8.81. The summed E-state index contributed by atoms with van der Waals surface area (Å²) in [6.07, 6.45) is 3.18. The van der Waals surface area contributed by atoms with E-state index in [4.69, 9.17) is 4.42 Å². The van der Waals surface area contributed by atoms with E-state index < -0.39 is 0 Å². The van der Waals surface area contributed by atoms with E-state index in [1.807, 2.05) is 19.1 Å². The van der Waals surface area contributed by atoms with Gasteiger partial charge in [0, 0.05) is 38.2 Å². The van der Waals surface area contributed by atoms with Crippen LogP contribution in [0.2, 0.25) is 0 Å². The molecule has 27 heavy (non-hydrogen) atoms. The Kier molecular flexibility index (Phi) is 11.0. The Bertz CT molecular complexity index is 705. The Labute approximate surface area is 176 Å². The average molecular weight is 486 g/mol. The highest BCUT2D eigenvalue weighted by molar-refractivity contribution is 14.0. The topological polar surface area (TPSA) is 98.9 Å². The Morgan fingerprint density at radius 3 is 2.70 bits per heavy atom. The van der Waals surface area contributed by atoms with Crippen LogP contribution in [-0.2, 0) is 6.42 Å². The molecule has 148 valence electrons. The zero-order chi connectivity index (χ0) is 18.6. The summed E-state index contributed by atoms with van der Waals surface area (Å²) in [6, 6.07) is 10.1. The van der Waals surface area contributed by atoms with Crippen molar-refractivity contribution in [2.75, 3.05) is 26.2 Å². The number of rotatable bonds is 9. The highest BCUT2D eigenvalue weighted by Gasteiger charge is 2.05. The molecule has 0 saturated carbocycles. The van der Waals surface area contributed by atoms with Gasteiger partial charge in [0.2, 0.25) is 0 Å². The summed E-state index contributed by atoms with van der Waals surface area (Å²) in [7, 11) is 0. The maximum absolute atomic E-state index is 12.0. The van der Waals surface area contributed by atoms with E-state index in [0.717, 1.165) is 37.7 Å². The fraction of sp³-hybridized carbons (Fsp3) is 0.368. The van der Waals surface area contributed by atoms with E-state index >= 15 is 0 Å². The van der Waals surface area contributed by atoms with E-state index in [0.29, 0.717) is 18.7 Å². The maximum Gasteiger partial charge on any atom is 0.251 e. The quantitative estimate of drug-likeness (QED) is 0.189. The summed E-state index contributed by atoms with van der Waals surface area (Å²) in [5, 5.41) is 18.7. The fourth-order valence-corrected chi connectivity index (χ4v) is 2.32. The largest absolute Gasteiger partial charge is 0.508 e. The van der Waals surface area contributed by atoms with Crippen LogP contribution in [0.4, 0.5) is 0 Å². The number of amides is 1. The van der Waals surface area contributed by atoms with Crippen molar-refractivity contribution in [1.82, 2.24) is 16.0 Å². The molecule has 1 aromatic carbocycles. The molecule has 0 bridgehead atoms. The lowest BCUT2D eigenvalue weighted by molar-refractivity contribution is 0.0953. The molecule has 0 atom stereocenters. The van der Waals surface area contributed by atoms with Gasteiger partial charge in [-0.3, -0.25) is 9.79 Å². The molecule has 0 saturated heterocycles. The van der Waals surface area contributed by atoms with E-state index in [1.54, 1.807) is 18.4 Å². The number of carbonyl (C=O) groups is 1. The number of hydrogen-bond donors (Lipinski definition) is 4. The first-order chi connectivity index (χ1) is 12.7. The molecule has 1 heterocycles. The van der Waals surface area contributed by atoms with Gasteiger partial charge in [-0.2, -0.15) is 0 Å². The number of furan rings is 1. The second-order valence-electron chi connectivity index (χ2n) is 5.68. The lowest BCUT2D eigenvalue weighted by Crippen LogP contribution is -2.38. The summed E-state index contributed by atoms with van der Waals surface area (Å²) in [5.41, 5.74) is 0.446. The maximum atomic E-state index is 12.0. The third-order valence-electron chi connectivity index (χ3n) is 3.59. The van der Waals surface area contributed by atoms with E-state index in [9.17, 15) is 9.90 Å². The van der Waals surface area contributed by atoms with Gasteiger partial charge >= 0.3 is 0 Å². The zero-order valence-electron chi connectivity index (χ0n) is 15.4. The third kappa shape index (κ3) is 8.80. The number of nitrogens with zero attached hydrogens (tertiary/aromatic N) is 1. The van der Waals surface area contributed by atoms with Crippen LogP contribution in [0.5, 0.6) is 5.75 Å². The van der Waals surface area contributed by atoms with E-state index in [2.05, 4.69) is 20.9 Å². The summed E-state index contributed by atoms with van der Waals surface area (Å²) in [4.78, 5) is 16.4. The van der Waals surface area contributed by atoms with Gasteiger partial charge in [0.15, 0.2) is 5.96 Å². The smallest absolute Gasteiger partial charge is 0.251 e. The standard InChI is InChI=1S/C19H26N4O3.HI/c1-2-20-19(23-12-9-17-8-4-13-26-17)22-11-5-10-21-18(25)15-6-3-7-16(24)14-15;/h3-4,6-8,13-14,24H,2,5,9-12H2,1H3,(H,21,25)(H2,20,22,23);1H. The molecule has 1 amide bonds. The number of hydrogen-bond acceptors (Lipinski definition) is 4. The average Bonchev–Trinajstić information content (AvgIpc) is 3.14. The summed E-state index contributed by atoms with van der Waals surface area (Å²) >= 11 is 0. The molecule has 0 aliphatic heterocycles. The van der Waals surface area contributed by atoms with E-state index in [1.165, 1.54) is 12.1 Å². The van der Waals surface area contributed by atoms with Gasteiger partial charge in [-0.25, -0.2) is 0 Å². The number of aliphatic imine (C=N–C) groups is 1. The highest BCUT2D eigenvalue weighted by atomic mass is 127. The number of aromatic hydroxyl groups is 1. The third-order valence-corrected chi connectivity index (χ3v) is 3.59. The monoisotopic (exact) mass is 486 g/mol. The second-order valence-corrected chi connectivity index (χ2v) is 5.68. The molecule has 0 fully saturated rings. The van der Waals surface area contributed by atoms with Crippen LogP contribution in [0, 0.1) is 0 Å². The number of nitrogens with one attached hydrogen (secondary N) is 3. The predicted molar refractivity (Wildman–Crippen MR) is 117 cm³/mol. The van der Waals surface area contributed by atoms with Crippen molar-refractivity contribution in [2.45, 2.75) is 19.8 Å². The number of phenolic OH excluding ortho intramolecular Hbond substituents is 1. The number of carbonyl (C=O) groups excluding carboxylic acids is 1. The highest BCUT2D eigenvalue weighted by Crippen LogP contribution is 2.10. The van der Waals surface area contributed by atoms with Gasteiger partial charge in [0.25, 0.3) is 5.91 Å². The van der Waals surface area contributed by atoms with Gasteiger partial charge in [0.1, 0.15) is 11.5 Å². The Hall–Kier alpha value is -2.23. The van der Waals surface area contributed by atoms with Crippen LogP contribution in [-0.4, -0.2) is 43.2 Å². The first-order valence-electron chi connectivity index (χ1n) is 8.81. The van der Waals surface area contributed by atoms with Crippen molar-refractivity contribution < 1.29 is 14.3 Å². The van der Waals surface area contributed by atoms with Gasteiger partial charge in [-0.15, -0.1) is 24.0 Å². The molecule has 2 aromatic rings. The van der Waals surface area contributed by atoms with E-state index in [-0.39, 0.29) is 35.6 Å². The van der Waals surface area contributed by atoms with Crippen LogP contribution in [0.1, 0.15) is 29.5 Å². The second kappa shape index (κ2) is 13.0. The minimum Gasteiger partial charge on any atom is -0.508 e. The van der Waals surface area contributed by atoms with Crippen molar-refractivity contribution in [1.29, 1.82) is 0 Å². The molecule has 0 aliphatic rings. The molecular weight excluding hydrogens is 459 g/mol. The van der Waals surface area contributed by atoms with Crippen LogP contribution in [0.15, 0.2) is 52.1 Å². The predicted octanol–water partition coefficient (Wildman–Crippen LogP) is 2.52. The SMILES string of the molecule is CCNC(=NCCCNC(=O)c1cccc(O)c1)NCCc1ccco1.I. The Morgan fingerprint density at radius 1 is 1.15 bits per heavy atom. The lowest BCUT2D eigenvalue weighted by Gasteiger charge is -2.10. The number of phenols is 1. The Balaban J connectivity index is 0.00000364. The molecule has 0 spiro atoms. The van der Waals surface area contributed by atoms with Gasteiger partial charge in [-0.05, 0) is 43.7 Å². The van der Waals surface area contributed by atoms with Crippen molar-refractivity contribution >= 4 is 35.8 Å². The minimum atomic E-state index is -0.201. The van der Waals surface area contributed by atoms with Gasteiger partial charge in [0.05, 0.1) is 6.26 Å². The molecule has 4 N–H and O–H groups in total. The fourth-order valence-electron chi connectivity index (χ4n) is 2.32. The molecule has 1 aromatic heterocycles. The molecule has 0 unspecified atom stereocenters. The molecule has 2 rings (SSSR count). The van der Waals surface area contributed by atoms with Crippen LogP contribution in [0.25, 0.3) is 0 Å². The Morgan fingerprint density at radius 2 is 2.00 bits per heavy atom. The normalized spacial score (nSPS) is 10.8. The molecule has 8 heteroatoms. The van der Waals surface area contributed by atoms with Crippen LogP contribution < -0.4 is 16.0 Å². The zero-order valence-corrected chi connectivity index (χ0v) is 17.7. The van der Waals surface area contributed by atoms with Crippen molar-refractivity contribution in [2.24, 2.45) is 4.99 Å². The number of guanidine groups is 1. The molecule has 7 nitrogen and oxygen atoms in total. The van der Waals surface area contributed by atoms with Crippen LogP contribution in [0.3, 0.4) is 0 Å². The van der Waals surface area contributed by atoms with Crippen molar-refractivity contribution in [3.63, 3.8) is 0 Å². The summed E-state index contributed by atoms with van der Waals surface area (Å²) in [5.74, 6) is 1.56. The molecule has 0 aliphatic carbocycles. The lowest BCUT2D eigenvalue weighted by atomic mass is 10.2. The molecular formula is C19H27IN4O3.